The van der Waals surface area contributed by atoms with Crippen LogP contribution in [0.4, 0.5) is 4.79 Å². The lowest BCUT2D eigenvalue weighted by atomic mass is 9.76. The molecular weight excluding hydrogens is 272 g/mol. The van der Waals surface area contributed by atoms with Crippen LogP contribution in [0.5, 0.6) is 0 Å². The summed E-state index contributed by atoms with van der Waals surface area (Å²) >= 11 is 0. The quantitative estimate of drug-likeness (QED) is 0.735. The highest BCUT2D eigenvalue weighted by Crippen LogP contribution is 2.38. The minimum absolute atomic E-state index is 0.0203. The highest BCUT2D eigenvalue weighted by Gasteiger charge is 2.48. The molecule has 0 radical (unpaired) electrons. The Bertz CT molecular complexity index is 412. The van der Waals surface area contributed by atoms with Gasteiger partial charge in [-0.15, -0.1) is 0 Å². The van der Waals surface area contributed by atoms with Crippen molar-refractivity contribution in [3.05, 3.63) is 0 Å². The second-order valence-corrected chi connectivity index (χ2v) is 6.70. The van der Waals surface area contributed by atoms with E-state index in [1.165, 1.54) is 0 Å². The number of hydrogen-bond acceptors (Lipinski definition) is 3. The highest BCUT2D eigenvalue weighted by molar-refractivity contribution is 5.80. The SMILES string of the molecule is CC(C)C1(C(=O)O)CCN(C(=O)NC2CCCCC2O)C1. The zero-order chi connectivity index (χ0) is 15.6. The van der Waals surface area contributed by atoms with Crippen molar-refractivity contribution in [1.29, 1.82) is 0 Å². The molecule has 0 bridgehead atoms. The van der Waals surface area contributed by atoms with Gasteiger partial charge in [0.25, 0.3) is 0 Å². The monoisotopic (exact) mass is 298 g/mol. The minimum Gasteiger partial charge on any atom is -0.481 e. The summed E-state index contributed by atoms with van der Waals surface area (Å²) in [5, 5.41) is 22.3. The summed E-state index contributed by atoms with van der Waals surface area (Å²) in [6, 6.07) is -0.449. The summed E-state index contributed by atoms with van der Waals surface area (Å²) in [6.07, 6.45) is 3.51. The van der Waals surface area contributed by atoms with Crippen LogP contribution < -0.4 is 5.32 Å². The van der Waals surface area contributed by atoms with Gasteiger partial charge in [-0.2, -0.15) is 0 Å². The predicted octanol–water partition coefficient (Wildman–Crippen LogP) is 1.43. The van der Waals surface area contributed by atoms with Gasteiger partial charge >= 0.3 is 12.0 Å². The molecule has 1 heterocycles. The Morgan fingerprint density at radius 3 is 2.48 bits per heavy atom. The van der Waals surface area contributed by atoms with E-state index in [4.69, 9.17) is 0 Å². The van der Waals surface area contributed by atoms with Crippen molar-refractivity contribution < 1.29 is 19.8 Å². The van der Waals surface area contributed by atoms with Crippen LogP contribution in [0.2, 0.25) is 0 Å². The Hall–Kier alpha value is -1.30. The molecule has 6 heteroatoms. The number of rotatable bonds is 3. The lowest BCUT2D eigenvalue weighted by Crippen LogP contribution is -2.51. The van der Waals surface area contributed by atoms with E-state index in [0.29, 0.717) is 13.0 Å². The lowest BCUT2D eigenvalue weighted by molar-refractivity contribution is -0.150. The van der Waals surface area contributed by atoms with E-state index in [9.17, 15) is 19.8 Å². The molecule has 1 saturated heterocycles. The summed E-state index contributed by atoms with van der Waals surface area (Å²) < 4.78 is 0. The number of hydrogen-bond donors (Lipinski definition) is 3. The average molecular weight is 298 g/mol. The smallest absolute Gasteiger partial charge is 0.317 e. The minimum atomic E-state index is -0.845. The molecule has 1 aliphatic carbocycles. The van der Waals surface area contributed by atoms with Gasteiger partial charge in [-0.1, -0.05) is 26.7 Å². The zero-order valence-corrected chi connectivity index (χ0v) is 12.8. The Kier molecular flexibility index (Phi) is 4.76. The van der Waals surface area contributed by atoms with Crippen LogP contribution in [0, 0.1) is 11.3 Å². The van der Waals surface area contributed by atoms with Gasteiger partial charge in [0.1, 0.15) is 0 Å². The molecular formula is C15H26N2O4. The van der Waals surface area contributed by atoms with Crippen LogP contribution in [-0.2, 0) is 4.79 Å². The highest BCUT2D eigenvalue weighted by atomic mass is 16.4. The number of urea groups is 1. The van der Waals surface area contributed by atoms with Crippen LogP contribution in [0.15, 0.2) is 0 Å². The van der Waals surface area contributed by atoms with Crippen LogP contribution >= 0.6 is 0 Å². The van der Waals surface area contributed by atoms with Gasteiger partial charge in [0, 0.05) is 13.1 Å². The first kappa shape index (κ1) is 16.1. The predicted molar refractivity (Wildman–Crippen MR) is 77.9 cm³/mol. The first-order valence-corrected chi connectivity index (χ1v) is 7.84. The summed E-state index contributed by atoms with van der Waals surface area (Å²) in [5.41, 5.74) is -0.845. The lowest BCUT2D eigenvalue weighted by Gasteiger charge is -2.31. The van der Waals surface area contributed by atoms with Gasteiger partial charge in [0.05, 0.1) is 17.6 Å². The number of nitrogens with one attached hydrogen (secondary N) is 1. The third-order valence-corrected chi connectivity index (χ3v) is 5.16. The number of amides is 2. The van der Waals surface area contributed by atoms with Gasteiger partial charge in [-0.25, -0.2) is 4.79 Å². The molecule has 1 saturated carbocycles. The second kappa shape index (κ2) is 6.22. The van der Waals surface area contributed by atoms with Gasteiger partial charge in [-0.3, -0.25) is 4.79 Å². The fraction of sp³-hybridized carbons (Fsp3) is 0.867. The van der Waals surface area contributed by atoms with Crippen molar-refractivity contribution in [3.63, 3.8) is 0 Å². The summed E-state index contributed by atoms with van der Waals surface area (Å²) in [6.45, 7) is 4.48. The molecule has 0 spiro atoms. The number of carboxylic acids is 1. The average Bonchev–Trinajstić information content (AvgIpc) is 2.88. The molecule has 120 valence electrons. The van der Waals surface area contributed by atoms with E-state index >= 15 is 0 Å². The number of aliphatic carboxylic acids is 1. The zero-order valence-electron chi connectivity index (χ0n) is 12.8. The molecule has 3 unspecified atom stereocenters. The normalized spacial score (nSPS) is 33.2. The van der Waals surface area contributed by atoms with Crippen molar-refractivity contribution in [2.24, 2.45) is 11.3 Å². The number of likely N-dealkylation sites (tertiary alicyclic amines) is 1. The van der Waals surface area contributed by atoms with Crippen molar-refractivity contribution in [1.82, 2.24) is 10.2 Å². The Balaban J connectivity index is 1.97. The van der Waals surface area contributed by atoms with E-state index in [1.807, 2.05) is 13.8 Å². The molecule has 0 aromatic carbocycles. The summed E-state index contributed by atoms with van der Waals surface area (Å²) in [5.74, 6) is -0.849. The molecule has 2 rings (SSSR count). The van der Waals surface area contributed by atoms with Crippen molar-refractivity contribution >= 4 is 12.0 Å². The van der Waals surface area contributed by atoms with Crippen LogP contribution in [-0.4, -0.2) is 52.3 Å². The number of aliphatic hydroxyl groups is 1. The maximum atomic E-state index is 12.3. The number of carbonyl (C=O) groups is 2. The Morgan fingerprint density at radius 1 is 1.29 bits per heavy atom. The van der Waals surface area contributed by atoms with E-state index in [0.717, 1.165) is 25.7 Å². The third kappa shape index (κ3) is 3.15. The Labute approximate surface area is 125 Å². The van der Waals surface area contributed by atoms with E-state index in [2.05, 4.69) is 5.32 Å². The summed E-state index contributed by atoms with van der Waals surface area (Å²) in [7, 11) is 0. The van der Waals surface area contributed by atoms with Gasteiger partial charge in [-0.05, 0) is 25.2 Å². The van der Waals surface area contributed by atoms with Gasteiger partial charge in [0.15, 0.2) is 0 Å². The van der Waals surface area contributed by atoms with Crippen molar-refractivity contribution in [2.45, 2.75) is 58.1 Å². The molecule has 0 aromatic rings. The molecule has 6 nitrogen and oxygen atoms in total. The number of aliphatic hydroxyl groups excluding tert-OH is 1. The van der Waals surface area contributed by atoms with E-state index in [1.54, 1.807) is 4.90 Å². The molecule has 3 atom stereocenters. The fourth-order valence-electron chi connectivity index (χ4n) is 3.43. The number of carbonyl (C=O) groups excluding carboxylic acids is 1. The number of carboxylic acid groups (broad SMARTS) is 1. The maximum absolute atomic E-state index is 12.3. The Morgan fingerprint density at radius 2 is 1.95 bits per heavy atom. The topological polar surface area (TPSA) is 89.9 Å². The van der Waals surface area contributed by atoms with Gasteiger partial charge < -0.3 is 20.4 Å². The van der Waals surface area contributed by atoms with E-state index in [-0.39, 0.29) is 24.5 Å². The molecule has 2 amide bonds. The molecule has 1 aliphatic heterocycles. The van der Waals surface area contributed by atoms with Crippen LogP contribution in [0.3, 0.4) is 0 Å². The third-order valence-electron chi connectivity index (χ3n) is 5.16. The van der Waals surface area contributed by atoms with Crippen LogP contribution in [0.1, 0.15) is 46.0 Å². The standard InChI is InChI=1S/C15H26N2O4/c1-10(2)15(13(19)20)7-8-17(9-15)14(21)16-11-5-3-4-6-12(11)18/h10-12,18H,3-9H2,1-2H3,(H,16,21)(H,19,20). The molecule has 2 aliphatic rings. The van der Waals surface area contributed by atoms with Crippen molar-refractivity contribution in [3.8, 4) is 0 Å². The largest absolute Gasteiger partial charge is 0.481 e. The molecule has 0 aromatic heterocycles. The first-order chi connectivity index (χ1) is 9.86. The first-order valence-electron chi connectivity index (χ1n) is 7.84. The van der Waals surface area contributed by atoms with E-state index < -0.39 is 17.5 Å². The summed E-state index contributed by atoms with van der Waals surface area (Å²) in [4.78, 5) is 25.5. The number of nitrogens with zero attached hydrogens (tertiary/aromatic N) is 1. The van der Waals surface area contributed by atoms with Crippen molar-refractivity contribution in [2.75, 3.05) is 13.1 Å². The fourth-order valence-corrected chi connectivity index (χ4v) is 3.43. The second-order valence-electron chi connectivity index (χ2n) is 6.70. The maximum Gasteiger partial charge on any atom is 0.317 e. The van der Waals surface area contributed by atoms with Crippen LogP contribution in [0.25, 0.3) is 0 Å². The van der Waals surface area contributed by atoms with Gasteiger partial charge in [0.2, 0.25) is 0 Å². The molecule has 3 N–H and O–H groups in total. The molecule has 21 heavy (non-hydrogen) atoms. The molecule has 2 fully saturated rings.